The van der Waals surface area contributed by atoms with Crippen LogP contribution in [-0.4, -0.2) is 15.8 Å². The fraction of sp³-hybridized carbons (Fsp3) is 0. The molecule has 3 aromatic carbocycles. The number of benzene rings is 3. The number of aromatic nitrogens is 2. The lowest BCUT2D eigenvalue weighted by atomic mass is 10.0. The van der Waals surface area contributed by atoms with E-state index < -0.39 is 0 Å². The molecule has 0 radical (unpaired) electrons. The summed E-state index contributed by atoms with van der Waals surface area (Å²) in [6, 6.07) is 22.5. The van der Waals surface area contributed by atoms with Crippen LogP contribution >= 0.6 is 0 Å². The third-order valence-corrected chi connectivity index (χ3v) is 3.65. The highest BCUT2D eigenvalue weighted by Crippen LogP contribution is 2.21. The zero-order valence-corrected chi connectivity index (χ0v) is 11.7. The molecule has 1 aromatic heterocycles. The fourth-order valence-electron chi connectivity index (χ4n) is 2.57. The Balaban J connectivity index is 1.98. The van der Waals surface area contributed by atoms with Crippen molar-refractivity contribution in [3.63, 3.8) is 0 Å². The zero-order valence-electron chi connectivity index (χ0n) is 11.7. The van der Waals surface area contributed by atoms with Crippen molar-refractivity contribution in [2.75, 3.05) is 0 Å². The van der Waals surface area contributed by atoms with Crippen LogP contribution < -0.4 is 0 Å². The molecule has 0 bridgehead atoms. The fourth-order valence-corrected chi connectivity index (χ4v) is 2.57. The van der Waals surface area contributed by atoms with Crippen molar-refractivity contribution in [3.05, 3.63) is 83.9 Å². The van der Waals surface area contributed by atoms with Gasteiger partial charge in [-0.1, -0.05) is 48.5 Å². The summed E-state index contributed by atoms with van der Waals surface area (Å²) in [5.41, 5.74) is 4.25. The van der Waals surface area contributed by atoms with Gasteiger partial charge in [0.15, 0.2) is 5.78 Å². The molecule has 0 aliphatic heterocycles. The van der Waals surface area contributed by atoms with Gasteiger partial charge >= 0.3 is 0 Å². The molecule has 1 heterocycles. The van der Waals surface area contributed by atoms with E-state index in [-0.39, 0.29) is 5.78 Å². The Bertz CT molecular complexity index is 994. The highest BCUT2D eigenvalue weighted by atomic mass is 16.1. The number of hydrogen-bond acceptors (Lipinski definition) is 3. The van der Waals surface area contributed by atoms with Crippen molar-refractivity contribution < 1.29 is 4.79 Å². The first kappa shape index (κ1) is 12.7. The van der Waals surface area contributed by atoms with E-state index in [1.807, 2.05) is 66.7 Å². The second kappa shape index (κ2) is 5.04. The average Bonchev–Trinajstić information content (AvgIpc) is 2.59. The van der Waals surface area contributed by atoms with Crippen LogP contribution in [0.25, 0.3) is 22.1 Å². The van der Waals surface area contributed by atoms with Crippen LogP contribution in [0.5, 0.6) is 0 Å². The maximum absolute atomic E-state index is 12.7. The van der Waals surface area contributed by atoms with E-state index in [2.05, 4.69) is 9.97 Å². The number of rotatable bonds is 2. The van der Waals surface area contributed by atoms with Crippen LogP contribution in [0.4, 0.5) is 0 Å². The molecule has 3 heteroatoms. The van der Waals surface area contributed by atoms with Gasteiger partial charge in [-0.05, 0) is 24.3 Å². The maximum atomic E-state index is 12.7. The molecule has 0 N–H and O–H groups in total. The van der Waals surface area contributed by atoms with Crippen LogP contribution in [0.15, 0.2) is 72.8 Å². The van der Waals surface area contributed by atoms with Gasteiger partial charge in [-0.3, -0.25) is 4.79 Å². The second-order valence-corrected chi connectivity index (χ2v) is 5.08. The van der Waals surface area contributed by atoms with Crippen LogP contribution in [0, 0.1) is 0 Å². The van der Waals surface area contributed by atoms with Crippen molar-refractivity contribution in [3.8, 4) is 0 Å². The van der Waals surface area contributed by atoms with Gasteiger partial charge < -0.3 is 0 Å². The molecule has 0 saturated heterocycles. The predicted molar refractivity (Wildman–Crippen MR) is 86.9 cm³/mol. The van der Waals surface area contributed by atoms with E-state index in [9.17, 15) is 4.79 Å². The minimum Gasteiger partial charge on any atom is -0.289 e. The molecule has 0 unspecified atom stereocenters. The smallest absolute Gasteiger partial charge is 0.195 e. The van der Waals surface area contributed by atoms with Gasteiger partial charge in [0.05, 0.1) is 22.1 Å². The van der Waals surface area contributed by atoms with E-state index in [1.165, 1.54) is 0 Å². The summed E-state index contributed by atoms with van der Waals surface area (Å²) >= 11 is 0. The van der Waals surface area contributed by atoms with Crippen molar-refractivity contribution in [2.45, 2.75) is 0 Å². The largest absolute Gasteiger partial charge is 0.289 e. The Kier molecular flexibility index (Phi) is 2.90. The molecule has 104 valence electrons. The highest BCUT2D eigenvalue weighted by Gasteiger charge is 2.14. The quantitative estimate of drug-likeness (QED) is 0.412. The highest BCUT2D eigenvalue weighted by molar-refractivity contribution is 6.15. The lowest BCUT2D eigenvalue weighted by Gasteiger charge is -2.06. The van der Waals surface area contributed by atoms with E-state index in [4.69, 9.17) is 0 Å². The minimum atomic E-state index is -0.0317. The van der Waals surface area contributed by atoms with Crippen molar-refractivity contribution in [2.24, 2.45) is 0 Å². The van der Waals surface area contributed by atoms with Gasteiger partial charge in [-0.25, -0.2) is 9.97 Å². The van der Waals surface area contributed by atoms with E-state index in [0.717, 1.165) is 16.6 Å². The van der Waals surface area contributed by atoms with E-state index in [1.54, 1.807) is 6.07 Å². The summed E-state index contributed by atoms with van der Waals surface area (Å²) in [6.07, 6.45) is 0. The minimum absolute atomic E-state index is 0.0317. The first-order valence-corrected chi connectivity index (χ1v) is 7.08. The van der Waals surface area contributed by atoms with Crippen LogP contribution in [0.2, 0.25) is 0 Å². The van der Waals surface area contributed by atoms with E-state index in [0.29, 0.717) is 16.6 Å². The molecule has 3 nitrogen and oxygen atoms in total. The monoisotopic (exact) mass is 284 g/mol. The number of nitrogens with zero attached hydrogens (tertiary/aromatic N) is 2. The summed E-state index contributed by atoms with van der Waals surface area (Å²) < 4.78 is 0. The first-order chi connectivity index (χ1) is 10.8. The Morgan fingerprint density at radius 3 is 2.05 bits per heavy atom. The van der Waals surface area contributed by atoms with Gasteiger partial charge in [0.2, 0.25) is 0 Å². The molecule has 4 aromatic rings. The molecular weight excluding hydrogens is 272 g/mol. The molecule has 0 amide bonds. The Labute approximate surface area is 127 Å². The van der Waals surface area contributed by atoms with Gasteiger partial charge in [0.1, 0.15) is 5.52 Å². The SMILES string of the molecule is O=C(c1ccccc1)c1cccc2nc3ccccc3nc12. The van der Waals surface area contributed by atoms with Crippen LogP contribution in [0.1, 0.15) is 15.9 Å². The summed E-state index contributed by atoms with van der Waals surface area (Å²) in [6.45, 7) is 0. The third kappa shape index (κ3) is 2.04. The van der Waals surface area contributed by atoms with Crippen molar-refractivity contribution in [1.29, 1.82) is 0 Å². The third-order valence-electron chi connectivity index (χ3n) is 3.65. The number of hydrogen-bond donors (Lipinski definition) is 0. The standard InChI is InChI=1S/C19H12N2O/c22-19(13-7-2-1-3-8-13)14-9-6-12-17-18(14)21-16-11-5-4-10-15(16)20-17/h1-12H. The Morgan fingerprint density at radius 2 is 1.27 bits per heavy atom. The molecule has 0 aliphatic rings. The zero-order chi connectivity index (χ0) is 14.9. The predicted octanol–water partition coefficient (Wildman–Crippen LogP) is 4.01. The van der Waals surface area contributed by atoms with Crippen LogP contribution in [-0.2, 0) is 0 Å². The molecular formula is C19H12N2O. The normalized spacial score (nSPS) is 10.9. The van der Waals surface area contributed by atoms with E-state index >= 15 is 0 Å². The molecule has 0 saturated carbocycles. The van der Waals surface area contributed by atoms with Gasteiger partial charge in [-0.15, -0.1) is 0 Å². The summed E-state index contributed by atoms with van der Waals surface area (Å²) in [5, 5.41) is 0. The number of carbonyl (C=O) groups is 1. The van der Waals surface area contributed by atoms with Gasteiger partial charge in [0.25, 0.3) is 0 Å². The van der Waals surface area contributed by atoms with Crippen LogP contribution in [0.3, 0.4) is 0 Å². The topological polar surface area (TPSA) is 42.9 Å². The lowest BCUT2D eigenvalue weighted by Crippen LogP contribution is -2.03. The Morgan fingerprint density at radius 1 is 0.636 bits per heavy atom. The van der Waals surface area contributed by atoms with Gasteiger partial charge in [0, 0.05) is 5.56 Å². The molecule has 0 aliphatic carbocycles. The molecule has 0 atom stereocenters. The number of fused-ring (bicyclic) bond motifs is 2. The molecule has 0 fully saturated rings. The molecule has 4 rings (SSSR count). The molecule has 0 spiro atoms. The summed E-state index contributed by atoms with van der Waals surface area (Å²) in [5.74, 6) is -0.0317. The van der Waals surface area contributed by atoms with Crippen molar-refractivity contribution in [1.82, 2.24) is 9.97 Å². The second-order valence-electron chi connectivity index (χ2n) is 5.08. The lowest BCUT2D eigenvalue weighted by molar-refractivity contribution is 0.104. The van der Waals surface area contributed by atoms with Crippen molar-refractivity contribution >= 4 is 27.9 Å². The summed E-state index contributed by atoms with van der Waals surface area (Å²) in [7, 11) is 0. The summed E-state index contributed by atoms with van der Waals surface area (Å²) in [4.78, 5) is 22.0. The number of para-hydroxylation sites is 3. The number of ketones is 1. The maximum Gasteiger partial charge on any atom is 0.195 e. The Hall–Kier alpha value is -3.07. The average molecular weight is 284 g/mol. The number of carbonyl (C=O) groups excluding carboxylic acids is 1. The van der Waals surface area contributed by atoms with Gasteiger partial charge in [-0.2, -0.15) is 0 Å². The molecule has 22 heavy (non-hydrogen) atoms. The first-order valence-electron chi connectivity index (χ1n) is 7.08.